The van der Waals surface area contributed by atoms with E-state index in [-0.39, 0.29) is 5.69 Å². The number of benzene rings is 1. The van der Waals surface area contributed by atoms with Crippen LogP contribution in [0, 0.1) is 11.6 Å². The van der Waals surface area contributed by atoms with Gasteiger partial charge in [0, 0.05) is 5.69 Å². The second-order valence-electron chi connectivity index (χ2n) is 3.39. The second kappa shape index (κ2) is 4.72. The molecule has 100 valence electrons. The molecule has 0 unspecified atom stereocenters. The van der Waals surface area contributed by atoms with Crippen LogP contribution >= 0.6 is 0 Å². The monoisotopic (exact) mass is 287 g/mol. The van der Waals surface area contributed by atoms with Crippen molar-refractivity contribution in [3.8, 4) is 0 Å². The minimum atomic E-state index is -4.51. The lowest BCUT2D eigenvalue weighted by Crippen LogP contribution is -2.18. The lowest BCUT2D eigenvalue weighted by molar-refractivity contribution is 0.522. The number of nitrogens with zero attached hydrogens (tertiary/aromatic N) is 3. The zero-order valence-corrected chi connectivity index (χ0v) is 10.0. The fraction of sp³-hybridized carbons (Fsp3) is 0. The van der Waals surface area contributed by atoms with E-state index in [1.54, 1.807) is 4.72 Å². The third-order valence-electron chi connectivity index (χ3n) is 2.00. The molecule has 0 amide bonds. The van der Waals surface area contributed by atoms with Crippen LogP contribution in [0.5, 0.6) is 0 Å². The van der Waals surface area contributed by atoms with Gasteiger partial charge in [0.1, 0.15) is 11.6 Å². The smallest absolute Gasteiger partial charge is 0.270 e. The van der Waals surface area contributed by atoms with E-state index in [0.29, 0.717) is 12.1 Å². The van der Waals surface area contributed by atoms with Gasteiger partial charge in [-0.05, 0) is 12.1 Å². The summed E-state index contributed by atoms with van der Waals surface area (Å²) in [5, 5.41) is 6.72. The van der Waals surface area contributed by atoms with E-state index >= 15 is 0 Å². The molecule has 0 radical (unpaired) electrons. The molecule has 0 saturated heterocycles. The standard InChI is InChI=1S/C9H7F2N5O2S/c10-6-3-5(12)4-7(11)8(6)19(17,18)16-9-13-1-2-14-15-9/h1-4H,12H2,(H,13,15,16). The van der Waals surface area contributed by atoms with Crippen molar-refractivity contribution in [3.05, 3.63) is 36.2 Å². The molecule has 0 fully saturated rings. The van der Waals surface area contributed by atoms with E-state index in [1.165, 1.54) is 12.4 Å². The van der Waals surface area contributed by atoms with Gasteiger partial charge in [-0.1, -0.05) is 0 Å². The Bertz CT molecular complexity index is 685. The number of sulfonamides is 1. The van der Waals surface area contributed by atoms with Gasteiger partial charge in [-0.2, -0.15) is 5.10 Å². The lowest BCUT2D eigenvalue weighted by atomic mass is 10.3. The first-order valence-corrected chi connectivity index (χ1v) is 6.29. The van der Waals surface area contributed by atoms with Crippen LogP contribution in [0.25, 0.3) is 0 Å². The Morgan fingerprint density at radius 3 is 2.32 bits per heavy atom. The summed E-state index contributed by atoms with van der Waals surface area (Å²) in [6.07, 6.45) is 2.38. The molecule has 0 aliphatic carbocycles. The first kappa shape index (κ1) is 13.1. The fourth-order valence-electron chi connectivity index (χ4n) is 1.30. The van der Waals surface area contributed by atoms with E-state index in [9.17, 15) is 17.2 Å². The Balaban J connectivity index is 2.46. The lowest BCUT2D eigenvalue weighted by Gasteiger charge is -2.08. The number of aromatic nitrogens is 3. The van der Waals surface area contributed by atoms with Crippen molar-refractivity contribution < 1.29 is 17.2 Å². The number of rotatable bonds is 3. The molecule has 1 heterocycles. The maximum absolute atomic E-state index is 13.5. The topological polar surface area (TPSA) is 111 Å². The van der Waals surface area contributed by atoms with Gasteiger partial charge in [-0.15, -0.1) is 5.10 Å². The van der Waals surface area contributed by atoms with Gasteiger partial charge in [0.15, 0.2) is 4.90 Å². The normalized spacial score (nSPS) is 11.3. The van der Waals surface area contributed by atoms with Gasteiger partial charge in [0.2, 0.25) is 0 Å². The van der Waals surface area contributed by atoms with E-state index in [2.05, 4.69) is 15.2 Å². The van der Waals surface area contributed by atoms with Crippen molar-refractivity contribution in [1.82, 2.24) is 15.2 Å². The number of hydrogen-bond donors (Lipinski definition) is 2. The molecular weight excluding hydrogens is 280 g/mol. The molecular formula is C9H7F2N5O2S. The molecule has 0 spiro atoms. The summed E-state index contributed by atoms with van der Waals surface area (Å²) in [5.74, 6) is -3.03. The third-order valence-corrected chi connectivity index (χ3v) is 3.38. The van der Waals surface area contributed by atoms with Crippen LogP contribution in [0.3, 0.4) is 0 Å². The SMILES string of the molecule is Nc1cc(F)c(S(=O)(=O)Nc2nccnn2)c(F)c1. The first-order valence-electron chi connectivity index (χ1n) is 4.81. The molecule has 2 aromatic rings. The molecule has 10 heteroatoms. The van der Waals surface area contributed by atoms with Gasteiger partial charge in [-0.3, -0.25) is 0 Å². The Labute approximate surface area is 106 Å². The van der Waals surface area contributed by atoms with E-state index in [0.717, 1.165) is 0 Å². The van der Waals surface area contributed by atoms with E-state index < -0.39 is 32.5 Å². The third kappa shape index (κ3) is 2.73. The molecule has 19 heavy (non-hydrogen) atoms. The Kier molecular flexibility index (Phi) is 3.25. The van der Waals surface area contributed by atoms with Gasteiger partial charge in [-0.25, -0.2) is 26.9 Å². The summed E-state index contributed by atoms with van der Waals surface area (Å²) in [6, 6.07) is 1.39. The maximum atomic E-state index is 13.5. The minimum Gasteiger partial charge on any atom is -0.399 e. The predicted molar refractivity (Wildman–Crippen MR) is 61.4 cm³/mol. The summed E-state index contributed by atoms with van der Waals surface area (Å²) in [6.45, 7) is 0. The van der Waals surface area contributed by atoms with Crippen molar-refractivity contribution >= 4 is 21.7 Å². The summed E-state index contributed by atoms with van der Waals surface area (Å²) in [4.78, 5) is 2.37. The number of anilines is 2. The molecule has 0 aliphatic rings. The summed E-state index contributed by atoms with van der Waals surface area (Å²) in [5.41, 5.74) is 4.96. The number of nitrogen functional groups attached to an aromatic ring is 1. The van der Waals surface area contributed by atoms with Crippen LogP contribution in [0.4, 0.5) is 20.4 Å². The number of nitrogens with one attached hydrogen (secondary N) is 1. The van der Waals surface area contributed by atoms with Crippen LogP contribution in [0.1, 0.15) is 0 Å². The Morgan fingerprint density at radius 1 is 1.16 bits per heavy atom. The second-order valence-corrected chi connectivity index (χ2v) is 5.00. The van der Waals surface area contributed by atoms with Gasteiger partial charge < -0.3 is 5.73 Å². The van der Waals surface area contributed by atoms with Crippen LogP contribution in [0.2, 0.25) is 0 Å². The van der Waals surface area contributed by atoms with Crippen molar-refractivity contribution in [1.29, 1.82) is 0 Å². The first-order chi connectivity index (χ1) is 8.90. The fourth-order valence-corrected chi connectivity index (χ4v) is 2.37. The van der Waals surface area contributed by atoms with Gasteiger partial charge in [0.25, 0.3) is 16.0 Å². The average Bonchev–Trinajstić information content (AvgIpc) is 2.27. The molecule has 1 aromatic carbocycles. The Hall–Kier alpha value is -2.36. The zero-order chi connectivity index (χ0) is 14.0. The van der Waals surface area contributed by atoms with Crippen LogP contribution in [-0.2, 0) is 10.0 Å². The molecule has 0 bridgehead atoms. The molecule has 0 atom stereocenters. The average molecular weight is 287 g/mol. The molecule has 0 aliphatic heterocycles. The molecule has 7 nitrogen and oxygen atoms in total. The number of nitrogens with two attached hydrogens (primary N) is 1. The number of halogens is 2. The van der Waals surface area contributed by atoms with Crippen LogP contribution < -0.4 is 10.5 Å². The zero-order valence-electron chi connectivity index (χ0n) is 9.21. The van der Waals surface area contributed by atoms with Crippen LogP contribution in [0.15, 0.2) is 29.4 Å². The van der Waals surface area contributed by atoms with Crippen molar-refractivity contribution in [3.63, 3.8) is 0 Å². The quantitative estimate of drug-likeness (QED) is 0.797. The maximum Gasteiger partial charge on any atom is 0.270 e. The van der Waals surface area contributed by atoms with Crippen molar-refractivity contribution in [2.24, 2.45) is 0 Å². The highest BCUT2D eigenvalue weighted by Gasteiger charge is 2.25. The highest BCUT2D eigenvalue weighted by atomic mass is 32.2. The summed E-state index contributed by atoms with van der Waals surface area (Å²) < 4.78 is 52.5. The molecule has 1 aromatic heterocycles. The van der Waals surface area contributed by atoms with E-state index in [4.69, 9.17) is 5.73 Å². The molecule has 0 saturated carbocycles. The minimum absolute atomic E-state index is 0.230. The largest absolute Gasteiger partial charge is 0.399 e. The summed E-state index contributed by atoms with van der Waals surface area (Å²) >= 11 is 0. The van der Waals surface area contributed by atoms with Crippen LogP contribution in [-0.4, -0.2) is 23.6 Å². The van der Waals surface area contributed by atoms with Gasteiger partial charge >= 0.3 is 0 Å². The highest BCUT2D eigenvalue weighted by molar-refractivity contribution is 7.92. The molecule has 3 N–H and O–H groups in total. The highest BCUT2D eigenvalue weighted by Crippen LogP contribution is 2.22. The number of hydrogen-bond acceptors (Lipinski definition) is 6. The van der Waals surface area contributed by atoms with Gasteiger partial charge in [0.05, 0.1) is 12.4 Å². The predicted octanol–water partition coefficient (Wildman–Crippen LogP) is 0.533. The van der Waals surface area contributed by atoms with Crippen molar-refractivity contribution in [2.45, 2.75) is 4.90 Å². The Morgan fingerprint density at radius 2 is 1.79 bits per heavy atom. The summed E-state index contributed by atoms with van der Waals surface area (Å²) in [7, 11) is -4.51. The molecule has 2 rings (SSSR count). The van der Waals surface area contributed by atoms with Crippen molar-refractivity contribution in [2.75, 3.05) is 10.5 Å². The van der Waals surface area contributed by atoms with E-state index in [1.807, 2.05) is 0 Å².